The van der Waals surface area contributed by atoms with Gasteiger partial charge in [0.15, 0.2) is 0 Å². The second-order valence-corrected chi connectivity index (χ2v) is 8.72. The van der Waals surface area contributed by atoms with Gasteiger partial charge in [-0.3, -0.25) is 14.7 Å². The lowest BCUT2D eigenvalue weighted by atomic mass is 10.1. The Labute approximate surface area is 207 Å². The van der Waals surface area contributed by atoms with Crippen LogP contribution < -0.4 is 15.4 Å². The quantitative estimate of drug-likeness (QED) is 0.359. The molecule has 176 valence electrons. The Morgan fingerprint density at radius 3 is 2.83 bits per heavy atom. The molecule has 3 heterocycles. The Bertz CT molecular complexity index is 1420. The highest BCUT2D eigenvalue weighted by Gasteiger charge is 2.26. The maximum Gasteiger partial charge on any atom is 0.247 e. The van der Waals surface area contributed by atoms with Crippen molar-refractivity contribution in [1.82, 2.24) is 19.9 Å². The summed E-state index contributed by atoms with van der Waals surface area (Å²) in [7, 11) is 2.03. The number of rotatable bonds is 7. The number of carbonyl (C=O) groups excluding carboxylic acids is 1. The lowest BCUT2D eigenvalue weighted by molar-refractivity contribution is -0.111. The first kappa shape index (κ1) is 22.8. The molecule has 0 spiro atoms. The average Bonchev–Trinajstić information content (AvgIpc) is 2.84. The SMILES string of the molecule is C=CC(=O)Nc1cc(Nc2ncc3nccc(-c4cccc(Cl)c4)c3n2)ccc1OC1CN(C)C1. The highest BCUT2D eigenvalue weighted by molar-refractivity contribution is 6.30. The minimum absolute atomic E-state index is 0.0828. The molecule has 0 radical (unpaired) electrons. The molecular weight excluding hydrogens is 464 g/mol. The van der Waals surface area contributed by atoms with Gasteiger partial charge >= 0.3 is 0 Å². The molecule has 0 saturated carbocycles. The molecule has 5 rings (SSSR count). The third kappa shape index (κ3) is 5.08. The van der Waals surface area contributed by atoms with Crippen LogP contribution in [0.3, 0.4) is 0 Å². The van der Waals surface area contributed by atoms with Crippen molar-refractivity contribution in [3.8, 4) is 16.9 Å². The zero-order valence-electron chi connectivity index (χ0n) is 19.0. The van der Waals surface area contributed by atoms with E-state index in [-0.39, 0.29) is 12.0 Å². The average molecular weight is 487 g/mol. The number of ether oxygens (including phenoxy) is 1. The molecule has 2 N–H and O–H groups in total. The van der Waals surface area contributed by atoms with Crippen molar-refractivity contribution in [3.05, 3.63) is 78.6 Å². The molecule has 0 unspecified atom stereocenters. The Morgan fingerprint density at radius 1 is 1.20 bits per heavy atom. The molecule has 1 aliphatic heterocycles. The van der Waals surface area contributed by atoms with Crippen LogP contribution >= 0.6 is 11.6 Å². The highest BCUT2D eigenvalue weighted by atomic mass is 35.5. The van der Waals surface area contributed by atoms with Crippen molar-refractivity contribution in [2.75, 3.05) is 30.8 Å². The third-order valence-electron chi connectivity index (χ3n) is 5.62. The zero-order valence-corrected chi connectivity index (χ0v) is 19.8. The van der Waals surface area contributed by atoms with E-state index in [0.29, 0.717) is 39.1 Å². The number of likely N-dealkylation sites (N-methyl/N-ethyl adjacent to an activating group) is 1. The van der Waals surface area contributed by atoms with Crippen molar-refractivity contribution in [1.29, 1.82) is 0 Å². The minimum atomic E-state index is -0.322. The molecule has 1 fully saturated rings. The van der Waals surface area contributed by atoms with Gasteiger partial charge in [-0.25, -0.2) is 9.97 Å². The van der Waals surface area contributed by atoms with Crippen LogP contribution in [0.5, 0.6) is 5.75 Å². The van der Waals surface area contributed by atoms with Gasteiger partial charge in [0.1, 0.15) is 22.9 Å². The summed E-state index contributed by atoms with van der Waals surface area (Å²) in [5.74, 6) is 0.664. The summed E-state index contributed by atoms with van der Waals surface area (Å²) in [6.45, 7) is 5.21. The lowest BCUT2D eigenvalue weighted by Gasteiger charge is -2.36. The van der Waals surface area contributed by atoms with Crippen molar-refractivity contribution >= 4 is 45.9 Å². The van der Waals surface area contributed by atoms with E-state index < -0.39 is 0 Å². The number of nitrogens with zero attached hydrogens (tertiary/aromatic N) is 4. The van der Waals surface area contributed by atoms with E-state index >= 15 is 0 Å². The van der Waals surface area contributed by atoms with Crippen molar-refractivity contribution in [2.24, 2.45) is 0 Å². The summed E-state index contributed by atoms with van der Waals surface area (Å²) >= 11 is 6.20. The molecule has 1 aliphatic rings. The molecule has 1 saturated heterocycles. The van der Waals surface area contributed by atoms with E-state index in [1.165, 1.54) is 6.08 Å². The van der Waals surface area contributed by atoms with Gasteiger partial charge < -0.3 is 15.4 Å². The molecule has 9 heteroatoms. The Kier molecular flexibility index (Phi) is 6.31. The molecule has 0 bridgehead atoms. The second kappa shape index (κ2) is 9.69. The largest absolute Gasteiger partial charge is 0.486 e. The number of likely N-dealkylation sites (tertiary alicyclic amines) is 1. The van der Waals surface area contributed by atoms with E-state index in [2.05, 4.69) is 32.1 Å². The maximum absolute atomic E-state index is 12.0. The number of aromatic nitrogens is 3. The molecule has 4 aromatic rings. The number of hydrogen-bond acceptors (Lipinski definition) is 7. The number of fused-ring (bicyclic) bond motifs is 1. The van der Waals surface area contributed by atoms with Gasteiger partial charge in [0.25, 0.3) is 0 Å². The molecule has 2 aromatic carbocycles. The van der Waals surface area contributed by atoms with Crippen LogP contribution in [0.4, 0.5) is 17.3 Å². The summed E-state index contributed by atoms with van der Waals surface area (Å²) in [5.41, 5.74) is 4.43. The fourth-order valence-electron chi connectivity index (χ4n) is 3.91. The van der Waals surface area contributed by atoms with Gasteiger partial charge in [-0.05, 0) is 55.1 Å². The molecular formula is C26H23ClN6O2. The van der Waals surface area contributed by atoms with Crippen LogP contribution in [0.25, 0.3) is 22.2 Å². The number of benzene rings is 2. The first-order chi connectivity index (χ1) is 17.0. The molecule has 8 nitrogen and oxygen atoms in total. The van der Waals surface area contributed by atoms with Gasteiger partial charge in [0.05, 0.1) is 11.9 Å². The Hall–Kier alpha value is -4.01. The number of nitrogens with one attached hydrogen (secondary N) is 2. The summed E-state index contributed by atoms with van der Waals surface area (Å²) < 4.78 is 6.07. The molecule has 35 heavy (non-hydrogen) atoms. The van der Waals surface area contributed by atoms with Crippen molar-refractivity contribution < 1.29 is 9.53 Å². The zero-order chi connectivity index (χ0) is 24.4. The van der Waals surface area contributed by atoms with Crippen LogP contribution in [0.15, 0.2) is 73.6 Å². The first-order valence-corrected chi connectivity index (χ1v) is 11.4. The van der Waals surface area contributed by atoms with Gasteiger partial charge in [-0.15, -0.1) is 0 Å². The standard InChI is InChI=1S/C26H23ClN6O2/c1-3-24(34)31-21-12-18(7-8-23(21)35-19-14-33(2)15-19)30-26-29-13-22-25(32-26)20(9-10-28-22)16-5-4-6-17(27)11-16/h3-13,19H,1,14-15H2,2H3,(H,31,34)(H,29,30,32). The van der Waals surface area contributed by atoms with E-state index in [9.17, 15) is 4.79 Å². The maximum atomic E-state index is 12.0. The number of hydrogen-bond donors (Lipinski definition) is 2. The summed E-state index contributed by atoms with van der Waals surface area (Å²) in [6, 6.07) is 15.0. The van der Waals surface area contributed by atoms with Crippen LogP contribution in [-0.4, -0.2) is 52.0 Å². The smallest absolute Gasteiger partial charge is 0.247 e. The Morgan fingerprint density at radius 2 is 2.06 bits per heavy atom. The molecule has 1 amide bonds. The number of halogens is 1. The van der Waals surface area contributed by atoms with Gasteiger partial charge in [-0.2, -0.15) is 0 Å². The fourth-order valence-corrected chi connectivity index (χ4v) is 4.10. The number of anilines is 3. The van der Waals surface area contributed by atoms with Gasteiger partial charge in [0.2, 0.25) is 11.9 Å². The predicted molar refractivity (Wildman–Crippen MR) is 138 cm³/mol. The van der Waals surface area contributed by atoms with Crippen molar-refractivity contribution in [3.63, 3.8) is 0 Å². The summed E-state index contributed by atoms with van der Waals surface area (Å²) in [5, 5.41) is 6.68. The Balaban J connectivity index is 1.45. The third-order valence-corrected chi connectivity index (χ3v) is 5.85. The van der Waals surface area contributed by atoms with Gasteiger partial charge in [-0.1, -0.05) is 30.3 Å². The monoisotopic (exact) mass is 486 g/mol. The normalized spacial score (nSPS) is 13.8. The van der Waals surface area contributed by atoms with E-state index in [4.69, 9.17) is 21.3 Å². The van der Waals surface area contributed by atoms with E-state index in [0.717, 1.165) is 24.2 Å². The molecule has 0 aliphatic carbocycles. The number of pyridine rings is 1. The summed E-state index contributed by atoms with van der Waals surface area (Å²) in [4.78, 5) is 27.7. The lowest BCUT2D eigenvalue weighted by Crippen LogP contribution is -2.51. The second-order valence-electron chi connectivity index (χ2n) is 8.29. The first-order valence-electron chi connectivity index (χ1n) is 11.1. The van der Waals surface area contributed by atoms with Crippen LogP contribution in [-0.2, 0) is 4.79 Å². The predicted octanol–water partition coefficient (Wildman–Crippen LogP) is 4.91. The van der Waals surface area contributed by atoms with Crippen LogP contribution in [0.2, 0.25) is 5.02 Å². The molecule has 0 atom stereocenters. The summed E-state index contributed by atoms with van der Waals surface area (Å²) in [6.07, 6.45) is 4.70. The topological polar surface area (TPSA) is 92.3 Å². The van der Waals surface area contributed by atoms with E-state index in [1.807, 2.05) is 49.5 Å². The fraction of sp³-hybridized carbons (Fsp3) is 0.154. The van der Waals surface area contributed by atoms with E-state index in [1.54, 1.807) is 18.5 Å². The van der Waals surface area contributed by atoms with Crippen molar-refractivity contribution in [2.45, 2.75) is 6.10 Å². The van der Waals surface area contributed by atoms with Crippen LogP contribution in [0.1, 0.15) is 0 Å². The number of carbonyl (C=O) groups is 1. The van der Waals surface area contributed by atoms with Gasteiger partial charge in [0, 0.05) is 35.6 Å². The van der Waals surface area contributed by atoms with Crippen LogP contribution in [0, 0.1) is 0 Å². The number of amides is 1. The highest BCUT2D eigenvalue weighted by Crippen LogP contribution is 2.32. The molecule has 2 aromatic heterocycles. The minimum Gasteiger partial charge on any atom is -0.486 e.